The van der Waals surface area contributed by atoms with Crippen molar-refractivity contribution >= 4 is 29.0 Å². The second-order valence-corrected chi connectivity index (χ2v) is 5.64. The van der Waals surface area contributed by atoms with Gasteiger partial charge >= 0.3 is 0 Å². The molecular weight excluding hydrogens is 336 g/mol. The Kier molecular flexibility index (Phi) is 4.45. The number of carbonyl (C=O) groups excluding carboxylic acids is 4. The van der Waals surface area contributed by atoms with E-state index in [1.807, 2.05) is 0 Å². The summed E-state index contributed by atoms with van der Waals surface area (Å²) in [6.45, 7) is 1.27. The highest BCUT2D eigenvalue weighted by Crippen LogP contribution is 2.29. The van der Waals surface area contributed by atoms with Gasteiger partial charge in [0, 0.05) is 25.1 Å². The molecule has 0 saturated carbocycles. The van der Waals surface area contributed by atoms with Crippen LogP contribution < -0.4 is 0 Å². The molecule has 0 unspecified atom stereocenters. The molecule has 0 bridgehead atoms. The monoisotopic (exact) mass is 350 g/mol. The van der Waals surface area contributed by atoms with Crippen molar-refractivity contribution in [3.8, 4) is 0 Å². The molecule has 0 aromatic heterocycles. The summed E-state index contributed by atoms with van der Waals surface area (Å²) in [6.07, 6.45) is 5.42. The molecule has 0 fully saturated rings. The van der Waals surface area contributed by atoms with Gasteiger partial charge in [-0.25, -0.2) is 0 Å². The van der Waals surface area contributed by atoms with Crippen LogP contribution in [-0.2, 0) is 14.4 Å². The van der Waals surface area contributed by atoms with Gasteiger partial charge in [-0.15, -0.1) is 0 Å². The van der Waals surface area contributed by atoms with Gasteiger partial charge < -0.3 is 9.74 Å². The summed E-state index contributed by atoms with van der Waals surface area (Å²) in [7, 11) is 1.38. The number of nitrogens with zero attached hydrogens (tertiary/aromatic N) is 2. The Morgan fingerprint density at radius 2 is 1.54 bits per heavy atom. The fraction of sp³-hybridized carbons (Fsp3) is 0.105. The Labute approximate surface area is 148 Å². The summed E-state index contributed by atoms with van der Waals surface area (Å²) in [5, 5.41) is 3.81. The van der Waals surface area contributed by atoms with Crippen molar-refractivity contribution in [2.75, 3.05) is 7.05 Å². The lowest BCUT2D eigenvalue weighted by Gasteiger charge is -2.24. The summed E-state index contributed by atoms with van der Waals surface area (Å²) >= 11 is 0. The summed E-state index contributed by atoms with van der Waals surface area (Å²) in [5.41, 5.74) is 0.494. The number of ketones is 3. The largest absolute Gasteiger partial charge is 0.350 e. The maximum absolute atomic E-state index is 12.8. The number of hydrogen-bond donors (Lipinski definition) is 0. The van der Waals surface area contributed by atoms with Crippen molar-refractivity contribution in [2.45, 2.75) is 6.92 Å². The SMILES string of the molecule is CC(=O)N(C)C1=C(ON=C2C=CC(=O)C=C2)C(=O)c2ccccc2C1=O. The Balaban J connectivity index is 2.07. The number of carbonyl (C=O) groups is 4. The normalized spacial score (nSPS) is 15.9. The fourth-order valence-electron chi connectivity index (χ4n) is 2.49. The standard InChI is InChI=1S/C19H14N2O5/c1-11(22)21(2)16-17(24)14-5-3-4-6-15(14)18(25)19(16)26-20-12-7-9-13(23)10-8-12/h3-10H,1-2H3. The maximum Gasteiger partial charge on any atom is 0.234 e. The first kappa shape index (κ1) is 17.2. The van der Waals surface area contributed by atoms with Crippen molar-refractivity contribution < 1.29 is 24.0 Å². The van der Waals surface area contributed by atoms with Crippen LogP contribution in [0, 0.1) is 0 Å². The van der Waals surface area contributed by atoms with E-state index in [2.05, 4.69) is 5.16 Å². The summed E-state index contributed by atoms with van der Waals surface area (Å²) in [5.74, 6) is -2.02. The maximum atomic E-state index is 12.8. The van der Waals surface area contributed by atoms with Gasteiger partial charge in [-0.2, -0.15) is 0 Å². The zero-order valence-corrected chi connectivity index (χ0v) is 14.1. The third-order valence-electron chi connectivity index (χ3n) is 3.94. The molecule has 130 valence electrons. The lowest BCUT2D eigenvalue weighted by atomic mass is 9.91. The molecule has 26 heavy (non-hydrogen) atoms. The second kappa shape index (κ2) is 6.72. The van der Waals surface area contributed by atoms with Crippen molar-refractivity contribution in [3.05, 3.63) is 71.2 Å². The van der Waals surface area contributed by atoms with Crippen molar-refractivity contribution in [1.82, 2.24) is 4.90 Å². The fourth-order valence-corrected chi connectivity index (χ4v) is 2.49. The van der Waals surface area contributed by atoms with Crippen LogP contribution in [0.2, 0.25) is 0 Å². The number of fused-ring (bicyclic) bond motifs is 1. The molecule has 2 aliphatic rings. The summed E-state index contributed by atoms with van der Waals surface area (Å²) < 4.78 is 0. The molecule has 1 aromatic rings. The molecule has 0 atom stereocenters. The highest BCUT2D eigenvalue weighted by molar-refractivity contribution is 6.26. The number of Topliss-reactive ketones (excluding diaryl/α,β-unsaturated/α-hetero) is 2. The van der Waals surface area contributed by atoms with Crippen LogP contribution in [0.15, 0.2) is 65.2 Å². The lowest BCUT2D eigenvalue weighted by Crippen LogP contribution is -2.35. The van der Waals surface area contributed by atoms with Gasteiger partial charge in [0.2, 0.25) is 23.2 Å². The van der Waals surface area contributed by atoms with Crippen LogP contribution in [0.1, 0.15) is 27.6 Å². The number of oxime groups is 1. The number of allylic oxidation sites excluding steroid dienone is 6. The molecule has 3 rings (SSSR count). The summed E-state index contributed by atoms with van der Waals surface area (Å²) in [4.78, 5) is 54.8. The number of likely N-dealkylation sites (N-methyl/N-ethyl adjacent to an activating group) is 1. The van der Waals surface area contributed by atoms with Gasteiger partial charge in [-0.1, -0.05) is 29.4 Å². The van der Waals surface area contributed by atoms with Crippen LogP contribution in [0.25, 0.3) is 0 Å². The number of benzene rings is 1. The van der Waals surface area contributed by atoms with E-state index in [1.165, 1.54) is 50.4 Å². The second-order valence-electron chi connectivity index (χ2n) is 5.64. The third-order valence-corrected chi connectivity index (χ3v) is 3.94. The van der Waals surface area contributed by atoms with Gasteiger partial charge in [0.15, 0.2) is 5.78 Å². The van der Waals surface area contributed by atoms with Crippen molar-refractivity contribution in [1.29, 1.82) is 0 Å². The minimum atomic E-state index is -0.549. The van der Waals surface area contributed by atoms with E-state index in [-0.39, 0.29) is 28.4 Å². The van der Waals surface area contributed by atoms with Crippen LogP contribution in [0.4, 0.5) is 0 Å². The smallest absolute Gasteiger partial charge is 0.234 e. The van der Waals surface area contributed by atoms with E-state index < -0.39 is 17.5 Å². The number of hydrogen-bond acceptors (Lipinski definition) is 6. The van der Waals surface area contributed by atoms with Crippen LogP contribution >= 0.6 is 0 Å². The van der Waals surface area contributed by atoms with Crippen molar-refractivity contribution in [3.63, 3.8) is 0 Å². The van der Waals surface area contributed by atoms with E-state index in [0.29, 0.717) is 5.71 Å². The molecule has 0 aliphatic heterocycles. The van der Waals surface area contributed by atoms with Crippen LogP contribution in [0.3, 0.4) is 0 Å². The average Bonchev–Trinajstić information content (AvgIpc) is 2.64. The summed E-state index contributed by atoms with van der Waals surface area (Å²) in [6, 6.07) is 6.29. The third kappa shape index (κ3) is 3.02. The van der Waals surface area contributed by atoms with E-state index in [4.69, 9.17) is 4.84 Å². The first-order chi connectivity index (χ1) is 12.4. The highest BCUT2D eigenvalue weighted by Gasteiger charge is 2.37. The zero-order chi connectivity index (χ0) is 18.8. The number of amides is 1. The molecule has 0 saturated heterocycles. The van der Waals surface area contributed by atoms with E-state index in [0.717, 1.165) is 4.90 Å². The Morgan fingerprint density at radius 3 is 2.12 bits per heavy atom. The molecule has 1 amide bonds. The highest BCUT2D eigenvalue weighted by atomic mass is 16.6. The zero-order valence-electron chi connectivity index (χ0n) is 14.1. The predicted molar refractivity (Wildman–Crippen MR) is 92.4 cm³/mol. The van der Waals surface area contributed by atoms with E-state index in [9.17, 15) is 19.2 Å². The molecule has 0 heterocycles. The quantitative estimate of drug-likeness (QED) is 0.612. The minimum absolute atomic E-state index is 0.176. The van der Waals surface area contributed by atoms with Gasteiger partial charge in [0.05, 0.1) is 0 Å². The minimum Gasteiger partial charge on any atom is -0.350 e. The molecule has 0 N–H and O–H groups in total. The molecule has 0 radical (unpaired) electrons. The van der Waals surface area contributed by atoms with Gasteiger partial charge in [0.25, 0.3) is 0 Å². The molecule has 7 heteroatoms. The molecular formula is C19H14N2O5. The van der Waals surface area contributed by atoms with Crippen LogP contribution in [0.5, 0.6) is 0 Å². The van der Waals surface area contributed by atoms with E-state index >= 15 is 0 Å². The van der Waals surface area contributed by atoms with E-state index in [1.54, 1.807) is 12.1 Å². The average molecular weight is 350 g/mol. The molecule has 0 spiro atoms. The molecule has 1 aromatic carbocycles. The Bertz CT molecular complexity index is 948. The molecule has 7 nitrogen and oxygen atoms in total. The lowest BCUT2D eigenvalue weighted by molar-refractivity contribution is -0.125. The number of rotatable bonds is 3. The Morgan fingerprint density at radius 1 is 0.962 bits per heavy atom. The Hall–Kier alpha value is -3.61. The first-order valence-electron chi connectivity index (χ1n) is 7.72. The molecule has 2 aliphatic carbocycles. The topological polar surface area (TPSA) is 93.1 Å². The van der Waals surface area contributed by atoms with Crippen molar-refractivity contribution in [2.24, 2.45) is 5.16 Å². The van der Waals surface area contributed by atoms with Gasteiger partial charge in [-0.3, -0.25) is 19.2 Å². The van der Waals surface area contributed by atoms with Gasteiger partial charge in [0.1, 0.15) is 11.4 Å². The van der Waals surface area contributed by atoms with Gasteiger partial charge in [-0.05, 0) is 24.3 Å². The first-order valence-corrected chi connectivity index (χ1v) is 7.72. The predicted octanol–water partition coefficient (Wildman–Crippen LogP) is 1.82. The van der Waals surface area contributed by atoms with Crippen LogP contribution in [-0.4, -0.2) is 40.9 Å².